The first-order valence-corrected chi connectivity index (χ1v) is 6.71. The van der Waals surface area contributed by atoms with Crippen LogP contribution in [-0.4, -0.2) is 19.5 Å². The van der Waals surface area contributed by atoms with Crippen molar-refractivity contribution >= 4 is 12.4 Å². The van der Waals surface area contributed by atoms with Crippen molar-refractivity contribution < 1.29 is 0 Å². The Morgan fingerprint density at radius 3 is 2.31 bits per heavy atom. The summed E-state index contributed by atoms with van der Waals surface area (Å²) in [6.45, 7) is 4.52. The molecule has 0 heterocycles. The van der Waals surface area contributed by atoms with Gasteiger partial charge >= 0.3 is 0 Å². The summed E-state index contributed by atoms with van der Waals surface area (Å²) in [5, 5.41) is 7.33. The number of nitrogens with zero attached hydrogens (tertiary/aromatic N) is 1. The van der Waals surface area contributed by atoms with Crippen LogP contribution in [-0.2, 0) is 0 Å². The number of nitrogens with one attached hydrogen (secondary N) is 1. The quantitative estimate of drug-likeness (QED) is 0.536. The Morgan fingerprint density at radius 1 is 1.06 bits per heavy atom. The Morgan fingerprint density at radius 2 is 1.81 bits per heavy atom. The Labute approximate surface area is 101 Å². The fourth-order valence-corrected chi connectivity index (χ4v) is 2.15. The van der Waals surface area contributed by atoms with E-state index in [1.54, 1.807) is 7.05 Å². The molecule has 0 saturated heterocycles. The molecule has 0 aromatic carbocycles. The van der Waals surface area contributed by atoms with Gasteiger partial charge in [-0.3, -0.25) is 0 Å². The summed E-state index contributed by atoms with van der Waals surface area (Å²) in [6, 6.07) is 0. The molecule has 0 rings (SSSR count). The predicted molar refractivity (Wildman–Crippen MR) is 73.8 cm³/mol. The molecule has 0 radical (unpaired) electrons. The zero-order valence-electron chi connectivity index (χ0n) is 11.2. The number of rotatable bonds is 10. The number of hydrogen-bond donors (Lipinski definition) is 1. The summed E-state index contributed by atoms with van der Waals surface area (Å²) in [6.07, 6.45) is 12.4. The van der Waals surface area contributed by atoms with Gasteiger partial charge in [0.15, 0.2) is 0 Å². The summed E-state index contributed by atoms with van der Waals surface area (Å²) >= 11 is 0. The highest BCUT2D eigenvalue weighted by Gasteiger charge is 2.10. The largest absolute Gasteiger partial charge is 0.312 e. The third kappa shape index (κ3) is 7.61. The summed E-state index contributed by atoms with van der Waals surface area (Å²) in [5.41, 5.74) is 0. The highest BCUT2D eigenvalue weighted by atomic mass is 14.6. The molecule has 1 N–H and O–H groups in total. The van der Waals surface area contributed by atoms with Gasteiger partial charge in [-0.25, -0.2) is 0 Å². The van der Waals surface area contributed by atoms with Crippen molar-refractivity contribution in [2.24, 2.45) is 16.8 Å². The minimum absolute atomic E-state index is 0.256. The van der Waals surface area contributed by atoms with Crippen LogP contribution in [0.2, 0.25) is 0 Å². The van der Waals surface area contributed by atoms with E-state index < -0.39 is 0 Å². The molecule has 16 heavy (non-hydrogen) atoms. The molecule has 0 amide bonds. The van der Waals surface area contributed by atoms with E-state index in [-0.39, 0.29) is 5.92 Å². The van der Waals surface area contributed by atoms with Gasteiger partial charge in [0.25, 0.3) is 0 Å². The molecule has 2 nitrogen and oxygen atoms in total. The number of unbranched alkanes of at least 4 members (excludes halogenated alkanes) is 1. The number of aliphatic imine (C=N–C) groups is 1. The maximum absolute atomic E-state index is 7.33. The standard InChI is InChI=1S/C14H28N2/c1-4-6-8-13(7-5-2)9-10-14(11-15)12-16-3/h11-15H,4-10H2,1-3H3. The second kappa shape index (κ2) is 10.8. The lowest BCUT2D eigenvalue weighted by atomic mass is 9.89. The molecule has 0 bridgehead atoms. The fraction of sp³-hybridized carbons (Fsp3) is 0.857. The van der Waals surface area contributed by atoms with E-state index in [1.807, 2.05) is 6.21 Å². The molecule has 2 atom stereocenters. The van der Waals surface area contributed by atoms with Crippen molar-refractivity contribution in [1.82, 2.24) is 0 Å². The lowest BCUT2D eigenvalue weighted by molar-refractivity contribution is 0.388. The zero-order chi connectivity index (χ0) is 12.2. The summed E-state index contributed by atoms with van der Waals surface area (Å²) in [7, 11) is 1.79. The Balaban J connectivity index is 3.92. The van der Waals surface area contributed by atoms with Gasteiger partial charge in [-0.15, -0.1) is 0 Å². The first-order valence-electron chi connectivity index (χ1n) is 6.71. The van der Waals surface area contributed by atoms with Gasteiger partial charge in [-0.05, 0) is 18.8 Å². The van der Waals surface area contributed by atoms with Crippen LogP contribution in [0.25, 0.3) is 0 Å². The van der Waals surface area contributed by atoms with Crippen molar-refractivity contribution in [2.45, 2.75) is 58.8 Å². The van der Waals surface area contributed by atoms with Gasteiger partial charge in [0.2, 0.25) is 0 Å². The zero-order valence-corrected chi connectivity index (χ0v) is 11.2. The van der Waals surface area contributed by atoms with Crippen LogP contribution < -0.4 is 0 Å². The molecule has 0 aliphatic rings. The lowest BCUT2D eigenvalue weighted by Gasteiger charge is -2.16. The average Bonchev–Trinajstić information content (AvgIpc) is 2.30. The van der Waals surface area contributed by atoms with E-state index in [2.05, 4.69) is 18.8 Å². The second-order valence-electron chi connectivity index (χ2n) is 4.61. The van der Waals surface area contributed by atoms with Gasteiger partial charge in [0, 0.05) is 25.4 Å². The van der Waals surface area contributed by atoms with Gasteiger partial charge < -0.3 is 10.4 Å². The van der Waals surface area contributed by atoms with Crippen LogP contribution in [0.15, 0.2) is 4.99 Å². The van der Waals surface area contributed by atoms with Crippen LogP contribution in [0.1, 0.15) is 58.8 Å². The topological polar surface area (TPSA) is 36.2 Å². The molecule has 0 fully saturated rings. The van der Waals surface area contributed by atoms with Crippen molar-refractivity contribution in [2.75, 3.05) is 7.05 Å². The Kier molecular flexibility index (Phi) is 10.4. The molecule has 0 aliphatic heterocycles. The Bertz CT molecular complexity index is 187. The Hall–Kier alpha value is -0.660. The van der Waals surface area contributed by atoms with E-state index in [0.717, 1.165) is 12.3 Å². The predicted octanol–water partition coefficient (Wildman–Crippen LogP) is 4.34. The van der Waals surface area contributed by atoms with E-state index in [9.17, 15) is 0 Å². The third-order valence-corrected chi connectivity index (χ3v) is 3.13. The molecule has 0 spiro atoms. The summed E-state index contributed by atoms with van der Waals surface area (Å²) in [5.74, 6) is 1.11. The third-order valence-electron chi connectivity index (χ3n) is 3.13. The van der Waals surface area contributed by atoms with Gasteiger partial charge in [-0.2, -0.15) is 0 Å². The van der Waals surface area contributed by atoms with Crippen LogP contribution in [0, 0.1) is 17.2 Å². The second-order valence-corrected chi connectivity index (χ2v) is 4.61. The van der Waals surface area contributed by atoms with Crippen LogP contribution in [0.5, 0.6) is 0 Å². The maximum Gasteiger partial charge on any atom is 0.0285 e. The van der Waals surface area contributed by atoms with Crippen molar-refractivity contribution in [3.8, 4) is 0 Å². The summed E-state index contributed by atoms with van der Waals surface area (Å²) in [4.78, 5) is 4.02. The van der Waals surface area contributed by atoms with Crippen molar-refractivity contribution in [3.63, 3.8) is 0 Å². The number of hydrogen-bond acceptors (Lipinski definition) is 2. The summed E-state index contributed by atoms with van der Waals surface area (Å²) < 4.78 is 0. The lowest BCUT2D eigenvalue weighted by Crippen LogP contribution is -2.08. The van der Waals surface area contributed by atoms with Crippen molar-refractivity contribution in [1.29, 1.82) is 5.41 Å². The molecule has 0 aromatic heterocycles. The molecule has 2 heteroatoms. The molecular formula is C14H28N2. The van der Waals surface area contributed by atoms with Gasteiger partial charge in [0.05, 0.1) is 0 Å². The molecule has 0 saturated carbocycles. The molecular weight excluding hydrogens is 196 g/mol. The van der Waals surface area contributed by atoms with Gasteiger partial charge in [0.1, 0.15) is 0 Å². The first-order chi connectivity index (χ1) is 7.78. The minimum atomic E-state index is 0.256. The van der Waals surface area contributed by atoms with E-state index >= 15 is 0 Å². The average molecular weight is 224 g/mol. The molecule has 2 unspecified atom stereocenters. The van der Waals surface area contributed by atoms with Crippen LogP contribution >= 0.6 is 0 Å². The molecule has 94 valence electrons. The fourth-order valence-electron chi connectivity index (χ4n) is 2.15. The van der Waals surface area contributed by atoms with E-state index in [1.165, 1.54) is 44.7 Å². The highest BCUT2D eigenvalue weighted by Crippen LogP contribution is 2.22. The minimum Gasteiger partial charge on any atom is -0.312 e. The monoisotopic (exact) mass is 224 g/mol. The molecule has 0 aromatic rings. The van der Waals surface area contributed by atoms with E-state index in [4.69, 9.17) is 5.41 Å². The van der Waals surface area contributed by atoms with Gasteiger partial charge in [-0.1, -0.05) is 46.0 Å². The van der Waals surface area contributed by atoms with E-state index in [0.29, 0.717) is 0 Å². The highest BCUT2D eigenvalue weighted by molar-refractivity contribution is 5.81. The van der Waals surface area contributed by atoms with Crippen molar-refractivity contribution in [3.05, 3.63) is 0 Å². The SMILES string of the molecule is CCCCC(CCC)CCC(C=N)C=NC. The molecule has 0 aliphatic carbocycles. The maximum atomic E-state index is 7.33. The smallest absolute Gasteiger partial charge is 0.0285 e. The first kappa shape index (κ1) is 15.3. The van der Waals surface area contributed by atoms with Crippen LogP contribution in [0.4, 0.5) is 0 Å². The normalized spacial score (nSPS) is 15.2. The van der Waals surface area contributed by atoms with Crippen LogP contribution in [0.3, 0.4) is 0 Å².